The summed E-state index contributed by atoms with van der Waals surface area (Å²) in [5, 5.41) is 2.60. The fourth-order valence-corrected chi connectivity index (χ4v) is 1.65. The van der Waals surface area contributed by atoms with Crippen molar-refractivity contribution in [3.05, 3.63) is 35.9 Å². The lowest BCUT2D eigenvalue weighted by molar-refractivity contribution is -0.155. The number of benzene rings is 1. The molecule has 0 heterocycles. The van der Waals surface area contributed by atoms with Gasteiger partial charge in [-0.3, -0.25) is 4.79 Å². The summed E-state index contributed by atoms with van der Waals surface area (Å²) in [7, 11) is 0. The third-order valence-corrected chi connectivity index (χ3v) is 2.47. The lowest BCUT2D eigenvalue weighted by atomic mass is 10.2. The highest BCUT2D eigenvalue weighted by Gasteiger charge is 2.19. The van der Waals surface area contributed by atoms with Crippen molar-refractivity contribution in [2.24, 2.45) is 0 Å². The van der Waals surface area contributed by atoms with E-state index in [2.05, 4.69) is 5.32 Å². The Morgan fingerprint density at radius 3 is 2.38 bits per heavy atom. The number of carbonyl (C=O) groups excluding carboxylic acids is 2. The van der Waals surface area contributed by atoms with Crippen molar-refractivity contribution in [2.45, 2.75) is 52.4 Å². The number of rotatable bonds is 5. The first-order valence-electron chi connectivity index (χ1n) is 6.95. The predicted octanol–water partition coefficient (Wildman–Crippen LogP) is 3.03. The first-order valence-corrected chi connectivity index (χ1v) is 6.95. The maximum Gasteiger partial charge on any atom is 0.407 e. The first kappa shape index (κ1) is 17.0. The summed E-state index contributed by atoms with van der Waals surface area (Å²) >= 11 is 0. The summed E-state index contributed by atoms with van der Waals surface area (Å²) in [6.45, 7) is 7.34. The number of amides is 1. The van der Waals surface area contributed by atoms with Gasteiger partial charge in [-0.15, -0.1) is 0 Å². The summed E-state index contributed by atoms with van der Waals surface area (Å²) in [6, 6.07) is 9.05. The average Bonchev–Trinajstić information content (AvgIpc) is 2.35. The van der Waals surface area contributed by atoms with Crippen LogP contribution in [0.3, 0.4) is 0 Å². The molecule has 0 spiro atoms. The second-order valence-corrected chi connectivity index (χ2v) is 5.90. The Kier molecular flexibility index (Phi) is 6.21. The van der Waals surface area contributed by atoms with Gasteiger partial charge in [0.25, 0.3) is 0 Å². The number of nitrogens with one attached hydrogen (secondary N) is 1. The average molecular weight is 293 g/mol. The molecule has 1 atom stereocenters. The largest absolute Gasteiger partial charge is 0.460 e. The van der Waals surface area contributed by atoms with Crippen LogP contribution in [0.2, 0.25) is 0 Å². The highest BCUT2D eigenvalue weighted by atomic mass is 16.6. The number of carbonyl (C=O) groups is 2. The number of esters is 1. The smallest absolute Gasteiger partial charge is 0.407 e. The van der Waals surface area contributed by atoms with Gasteiger partial charge in [-0.2, -0.15) is 0 Å². The van der Waals surface area contributed by atoms with Gasteiger partial charge >= 0.3 is 12.1 Å². The quantitative estimate of drug-likeness (QED) is 0.847. The Hall–Kier alpha value is -2.04. The standard InChI is InChI=1S/C16H23NO4/c1-12(10-14(18)21-16(2,3)4)17-15(19)20-11-13-8-6-5-7-9-13/h5-9,12H,10-11H2,1-4H3,(H,17,19)/t12-/m0/s1. The van der Waals surface area contributed by atoms with Crippen LogP contribution in [0.5, 0.6) is 0 Å². The number of hydrogen-bond acceptors (Lipinski definition) is 4. The SMILES string of the molecule is C[C@@H](CC(=O)OC(C)(C)C)NC(=O)OCc1ccccc1. The zero-order valence-electron chi connectivity index (χ0n) is 13.0. The zero-order chi connectivity index (χ0) is 15.9. The van der Waals surface area contributed by atoms with Crippen LogP contribution in [-0.4, -0.2) is 23.7 Å². The van der Waals surface area contributed by atoms with Crippen LogP contribution in [0.15, 0.2) is 30.3 Å². The molecule has 0 aliphatic heterocycles. The minimum atomic E-state index is -0.546. The van der Waals surface area contributed by atoms with E-state index in [9.17, 15) is 9.59 Å². The molecule has 5 nitrogen and oxygen atoms in total. The maximum atomic E-state index is 11.6. The number of alkyl carbamates (subject to hydrolysis) is 1. The summed E-state index contributed by atoms with van der Waals surface area (Å²) < 4.78 is 10.3. The Morgan fingerprint density at radius 1 is 1.19 bits per heavy atom. The Labute approximate surface area is 125 Å². The molecule has 0 aliphatic rings. The molecule has 1 aromatic carbocycles. The van der Waals surface area contributed by atoms with Gasteiger partial charge in [0.05, 0.1) is 6.42 Å². The van der Waals surface area contributed by atoms with Crippen LogP contribution in [0, 0.1) is 0 Å². The molecule has 0 radical (unpaired) electrons. The fraction of sp³-hybridized carbons (Fsp3) is 0.500. The van der Waals surface area contributed by atoms with Crippen LogP contribution in [0.25, 0.3) is 0 Å². The molecule has 1 amide bonds. The van der Waals surface area contributed by atoms with Crippen molar-refractivity contribution in [1.29, 1.82) is 0 Å². The van der Waals surface area contributed by atoms with Crippen molar-refractivity contribution in [2.75, 3.05) is 0 Å². The molecule has 0 bridgehead atoms. The van der Waals surface area contributed by atoms with Gasteiger partial charge in [-0.05, 0) is 33.3 Å². The van der Waals surface area contributed by atoms with E-state index in [1.54, 1.807) is 27.7 Å². The van der Waals surface area contributed by atoms with Crippen LogP contribution >= 0.6 is 0 Å². The third kappa shape index (κ3) is 7.97. The molecule has 0 saturated carbocycles. The molecule has 0 fully saturated rings. The van der Waals surface area contributed by atoms with Crippen LogP contribution in [-0.2, 0) is 20.9 Å². The molecule has 1 N–H and O–H groups in total. The molecule has 0 unspecified atom stereocenters. The van der Waals surface area contributed by atoms with E-state index in [1.807, 2.05) is 30.3 Å². The highest BCUT2D eigenvalue weighted by molar-refractivity contribution is 5.72. The molecule has 5 heteroatoms. The molecule has 0 saturated heterocycles. The van der Waals surface area contributed by atoms with Crippen LogP contribution in [0.1, 0.15) is 39.7 Å². The van der Waals surface area contributed by atoms with E-state index < -0.39 is 11.7 Å². The zero-order valence-corrected chi connectivity index (χ0v) is 13.0. The van der Waals surface area contributed by atoms with Gasteiger partial charge in [0.15, 0.2) is 0 Å². The summed E-state index contributed by atoms with van der Waals surface area (Å²) in [4.78, 5) is 23.2. The molecule has 1 rings (SSSR count). The summed E-state index contributed by atoms with van der Waals surface area (Å²) in [5.41, 5.74) is 0.386. The lowest BCUT2D eigenvalue weighted by Gasteiger charge is -2.21. The molecular weight excluding hydrogens is 270 g/mol. The van der Waals surface area contributed by atoms with Gasteiger partial charge in [0.1, 0.15) is 12.2 Å². The van der Waals surface area contributed by atoms with Gasteiger partial charge < -0.3 is 14.8 Å². The van der Waals surface area contributed by atoms with E-state index in [0.29, 0.717) is 0 Å². The Bertz CT molecular complexity index is 465. The number of ether oxygens (including phenoxy) is 2. The van der Waals surface area contributed by atoms with Crippen molar-refractivity contribution >= 4 is 12.1 Å². The molecule has 0 aromatic heterocycles. The third-order valence-electron chi connectivity index (χ3n) is 2.47. The summed E-state index contributed by atoms with van der Waals surface area (Å²) in [6.07, 6.45) is -0.438. The van der Waals surface area contributed by atoms with Gasteiger partial charge in [0.2, 0.25) is 0 Å². The van der Waals surface area contributed by atoms with E-state index in [0.717, 1.165) is 5.56 Å². The summed E-state index contributed by atoms with van der Waals surface area (Å²) in [5.74, 6) is -0.349. The van der Waals surface area contributed by atoms with E-state index >= 15 is 0 Å². The second-order valence-electron chi connectivity index (χ2n) is 5.90. The van der Waals surface area contributed by atoms with Crippen molar-refractivity contribution in [3.63, 3.8) is 0 Å². The minimum absolute atomic E-state index is 0.109. The van der Waals surface area contributed by atoms with Gasteiger partial charge in [-0.25, -0.2) is 4.79 Å². The molecule has 1 aromatic rings. The van der Waals surface area contributed by atoms with Crippen molar-refractivity contribution in [1.82, 2.24) is 5.32 Å². The topological polar surface area (TPSA) is 64.6 Å². The predicted molar refractivity (Wildman–Crippen MR) is 79.7 cm³/mol. The van der Waals surface area contributed by atoms with Crippen molar-refractivity contribution in [3.8, 4) is 0 Å². The molecular formula is C16H23NO4. The van der Waals surface area contributed by atoms with E-state index in [1.165, 1.54) is 0 Å². The molecule has 0 aliphatic carbocycles. The fourth-order valence-electron chi connectivity index (χ4n) is 1.65. The molecule has 21 heavy (non-hydrogen) atoms. The second kappa shape index (κ2) is 7.67. The highest BCUT2D eigenvalue weighted by Crippen LogP contribution is 2.09. The Morgan fingerprint density at radius 2 is 1.81 bits per heavy atom. The molecule has 116 valence electrons. The first-order chi connectivity index (χ1) is 9.76. The number of hydrogen-bond donors (Lipinski definition) is 1. The monoisotopic (exact) mass is 293 g/mol. The lowest BCUT2D eigenvalue weighted by Crippen LogP contribution is -2.36. The van der Waals surface area contributed by atoms with Gasteiger partial charge in [-0.1, -0.05) is 30.3 Å². The Balaban J connectivity index is 2.29. The van der Waals surface area contributed by atoms with Crippen molar-refractivity contribution < 1.29 is 19.1 Å². The van der Waals surface area contributed by atoms with Crippen LogP contribution < -0.4 is 5.32 Å². The van der Waals surface area contributed by atoms with E-state index in [-0.39, 0.29) is 25.0 Å². The van der Waals surface area contributed by atoms with Crippen LogP contribution in [0.4, 0.5) is 4.79 Å². The van der Waals surface area contributed by atoms with Gasteiger partial charge in [0, 0.05) is 6.04 Å². The minimum Gasteiger partial charge on any atom is -0.460 e. The normalized spacial score (nSPS) is 12.4. The van der Waals surface area contributed by atoms with E-state index in [4.69, 9.17) is 9.47 Å². The maximum absolute atomic E-state index is 11.6.